The van der Waals surface area contributed by atoms with Crippen molar-refractivity contribution >= 4 is 27.9 Å². The van der Waals surface area contributed by atoms with Gasteiger partial charge in [-0.15, -0.1) is 0 Å². The van der Waals surface area contributed by atoms with Gasteiger partial charge < -0.3 is 4.98 Å². The van der Waals surface area contributed by atoms with Crippen LogP contribution in [0.2, 0.25) is 0 Å². The Bertz CT molecular complexity index is 577. The van der Waals surface area contributed by atoms with Crippen LogP contribution in [0.1, 0.15) is 10.6 Å². The lowest BCUT2D eigenvalue weighted by atomic mass is 10.1. The molecule has 0 radical (unpaired) electrons. The second-order valence-corrected chi connectivity index (χ2v) is 4.00. The summed E-state index contributed by atoms with van der Waals surface area (Å²) in [5.74, 6) is 0.199. The van der Waals surface area contributed by atoms with Gasteiger partial charge in [0.15, 0.2) is 12.1 Å². The molecule has 2 aromatic rings. The standard InChI is InChI=1S/C10H6BrN3O3/c11-10-9(12-8(5-15)13-10)6-1-3-7(4-2-6)14(16)17/h1-5H,(H,12,13). The quantitative estimate of drug-likeness (QED) is 0.535. The van der Waals surface area contributed by atoms with Crippen LogP contribution in [-0.4, -0.2) is 21.2 Å². The van der Waals surface area contributed by atoms with Crippen molar-refractivity contribution in [1.29, 1.82) is 0 Å². The van der Waals surface area contributed by atoms with Gasteiger partial charge in [0, 0.05) is 17.7 Å². The van der Waals surface area contributed by atoms with Gasteiger partial charge in [0.1, 0.15) is 10.3 Å². The van der Waals surface area contributed by atoms with Gasteiger partial charge in [0.25, 0.3) is 5.69 Å². The van der Waals surface area contributed by atoms with Crippen molar-refractivity contribution in [3.63, 3.8) is 0 Å². The summed E-state index contributed by atoms with van der Waals surface area (Å²) in [6.07, 6.45) is 0.597. The van der Waals surface area contributed by atoms with Crippen molar-refractivity contribution in [2.75, 3.05) is 0 Å². The largest absolute Gasteiger partial charge is 0.330 e. The monoisotopic (exact) mass is 295 g/mol. The smallest absolute Gasteiger partial charge is 0.269 e. The zero-order chi connectivity index (χ0) is 12.4. The predicted octanol–water partition coefficient (Wildman–Crippen LogP) is 2.56. The van der Waals surface area contributed by atoms with E-state index in [4.69, 9.17) is 0 Å². The molecule has 0 amide bonds. The number of hydrogen-bond acceptors (Lipinski definition) is 4. The fourth-order valence-electron chi connectivity index (χ4n) is 1.36. The summed E-state index contributed by atoms with van der Waals surface area (Å²) in [5.41, 5.74) is 1.24. The Balaban J connectivity index is 2.42. The van der Waals surface area contributed by atoms with Crippen LogP contribution in [0.4, 0.5) is 5.69 Å². The van der Waals surface area contributed by atoms with Crippen molar-refractivity contribution in [3.05, 3.63) is 44.8 Å². The van der Waals surface area contributed by atoms with Gasteiger partial charge in [-0.2, -0.15) is 0 Å². The highest BCUT2D eigenvalue weighted by Gasteiger charge is 2.11. The van der Waals surface area contributed by atoms with Gasteiger partial charge in [0.05, 0.1) is 4.92 Å². The Labute approximate surface area is 104 Å². The third kappa shape index (κ3) is 2.23. The fourth-order valence-corrected chi connectivity index (χ4v) is 1.88. The van der Waals surface area contributed by atoms with E-state index in [1.54, 1.807) is 12.1 Å². The van der Waals surface area contributed by atoms with Crippen LogP contribution in [-0.2, 0) is 0 Å². The van der Waals surface area contributed by atoms with Crippen LogP contribution in [0.25, 0.3) is 11.3 Å². The molecule has 1 aromatic heterocycles. The van der Waals surface area contributed by atoms with E-state index in [1.807, 2.05) is 0 Å². The second-order valence-electron chi connectivity index (χ2n) is 3.21. The first-order chi connectivity index (χ1) is 8.11. The topological polar surface area (TPSA) is 88.9 Å². The SMILES string of the molecule is O=Cc1nc(-c2ccc([N+](=O)[O-])cc2)c(Br)[nH]1. The van der Waals surface area contributed by atoms with Gasteiger partial charge >= 0.3 is 0 Å². The summed E-state index contributed by atoms with van der Waals surface area (Å²) in [4.78, 5) is 27.3. The van der Waals surface area contributed by atoms with Crippen molar-refractivity contribution in [3.8, 4) is 11.3 Å². The maximum absolute atomic E-state index is 10.5. The van der Waals surface area contributed by atoms with Crippen LogP contribution in [0, 0.1) is 10.1 Å². The van der Waals surface area contributed by atoms with Gasteiger partial charge in [-0.1, -0.05) is 0 Å². The number of benzene rings is 1. The lowest BCUT2D eigenvalue weighted by Gasteiger charge is -1.97. The molecule has 6 nitrogen and oxygen atoms in total. The van der Waals surface area contributed by atoms with Crippen LogP contribution >= 0.6 is 15.9 Å². The average molecular weight is 296 g/mol. The lowest BCUT2D eigenvalue weighted by molar-refractivity contribution is -0.384. The first-order valence-electron chi connectivity index (χ1n) is 4.57. The zero-order valence-electron chi connectivity index (χ0n) is 8.38. The van der Waals surface area contributed by atoms with Gasteiger partial charge in [-0.05, 0) is 28.1 Å². The molecule has 0 saturated carbocycles. The number of non-ortho nitro benzene ring substituents is 1. The Morgan fingerprint density at radius 2 is 2.00 bits per heavy atom. The zero-order valence-corrected chi connectivity index (χ0v) is 9.97. The van der Waals surface area contributed by atoms with Crippen molar-refractivity contribution < 1.29 is 9.72 Å². The maximum atomic E-state index is 10.5. The molecular formula is C10H6BrN3O3. The molecule has 0 aliphatic rings. The third-order valence-corrected chi connectivity index (χ3v) is 2.71. The molecule has 86 valence electrons. The predicted molar refractivity (Wildman–Crippen MR) is 63.8 cm³/mol. The Morgan fingerprint density at radius 1 is 1.35 bits per heavy atom. The molecule has 7 heteroatoms. The van der Waals surface area contributed by atoms with Gasteiger partial charge in [-0.25, -0.2) is 4.98 Å². The number of aldehydes is 1. The number of hydrogen-bond donors (Lipinski definition) is 1. The molecule has 17 heavy (non-hydrogen) atoms. The minimum atomic E-state index is -0.472. The van der Waals surface area contributed by atoms with E-state index in [0.717, 1.165) is 0 Å². The third-order valence-electron chi connectivity index (χ3n) is 2.14. The van der Waals surface area contributed by atoms with E-state index in [1.165, 1.54) is 12.1 Å². The minimum Gasteiger partial charge on any atom is -0.330 e. The normalized spacial score (nSPS) is 10.2. The van der Waals surface area contributed by atoms with E-state index >= 15 is 0 Å². The number of nitro benzene ring substituents is 1. The van der Waals surface area contributed by atoms with Crippen molar-refractivity contribution in [1.82, 2.24) is 9.97 Å². The van der Waals surface area contributed by atoms with Gasteiger partial charge in [-0.3, -0.25) is 14.9 Å². The molecule has 0 aliphatic carbocycles. The Kier molecular flexibility index (Phi) is 3.01. The van der Waals surface area contributed by atoms with Crippen LogP contribution in [0.5, 0.6) is 0 Å². The summed E-state index contributed by atoms with van der Waals surface area (Å²) in [6.45, 7) is 0. The number of carbonyl (C=O) groups excluding carboxylic acids is 1. The van der Waals surface area contributed by atoms with E-state index in [9.17, 15) is 14.9 Å². The first kappa shape index (κ1) is 11.5. The number of carbonyl (C=O) groups is 1. The van der Waals surface area contributed by atoms with E-state index in [0.29, 0.717) is 22.1 Å². The molecule has 2 rings (SSSR count). The summed E-state index contributed by atoms with van der Waals surface area (Å²) < 4.78 is 0.563. The molecule has 0 bridgehead atoms. The number of nitrogens with zero attached hydrogens (tertiary/aromatic N) is 2. The highest BCUT2D eigenvalue weighted by Crippen LogP contribution is 2.27. The number of H-pyrrole nitrogens is 1. The molecular weight excluding hydrogens is 290 g/mol. The van der Waals surface area contributed by atoms with Gasteiger partial charge in [0.2, 0.25) is 0 Å². The molecule has 0 saturated heterocycles. The molecule has 0 unspecified atom stereocenters. The van der Waals surface area contributed by atoms with Crippen LogP contribution in [0.15, 0.2) is 28.9 Å². The minimum absolute atomic E-state index is 0.0102. The van der Waals surface area contributed by atoms with E-state index in [-0.39, 0.29) is 11.5 Å². The molecule has 0 fully saturated rings. The molecule has 0 spiro atoms. The Hall–Kier alpha value is -2.02. The molecule has 0 aliphatic heterocycles. The van der Waals surface area contributed by atoms with E-state index in [2.05, 4.69) is 25.9 Å². The number of halogens is 1. The summed E-state index contributed by atoms with van der Waals surface area (Å²) in [5, 5.41) is 10.5. The molecule has 1 heterocycles. The second kappa shape index (κ2) is 4.46. The van der Waals surface area contributed by atoms with E-state index < -0.39 is 4.92 Å². The summed E-state index contributed by atoms with van der Waals surface area (Å²) in [6, 6.07) is 5.93. The van der Waals surface area contributed by atoms with Crippen LogP contribution < -0.4 is 0 Å². The average Bonchev–Trinajstić information content (AvgIpc) is 2.71. The maximum Gasteiger partial charge on any atom is 0.269 e. The molecule has 1 N–H and O–H groups in total. The number of imidazole rings is 1. The van der Waals surface area contributed by atoms with Crippen molar-refractivity contribution in [2.45, 2.75) is 0 Å². The highest BCUT2D eigenvalue weighted by molar-refractivity contribution is 9.10. The highest BCUT2D eigenvalue weighted by atomic mass is 79.9. The summed E-state index contributed by atoms with van der Waals surface area (Å²) in [7, 11) is 0. The number of aromatic nitrogens is 2. The fraction of sp³-hybridized carbons (Fsp3) is 0. The number of nitrogens with one attached hydrogen (secondary N) is 1. The molecule has 1 aromatic carbocycles. The Morgan fingerprint density at radius 3 is 2.47 bits per heavy atom. The van der Waals surface area contributed by atoms with Crippen LogP contribution in [0.3, 0.4) is 0 Å². The summed E-state index contributed by atoms with van der Waals surface area (Å²) >= 11 is 3.23. The first-order valence-corrected chi connectivity index (χ1v) is 5.36. The van der Waals surface area contributed by atoms with Crippen molar-refractivity contribution in [2.24, 2.45) is 0 Å². The number of aromatic amines is 1. The number of nitro groups is 1. The lowest BCUT2D eigenvalue weighted by Crippen LogP contribution is -1.87. The number of rotatable bonds is 3. The molecule has 0 atom stereocenters.